The lowest BCUT2D eigenvalue weighted by atomic mass is 9.85. The van der Waals surface area contributed by atoms with Gasteiger partial charge in [-0.3, -0.25) is 13.9 Å². The third-order valence-corrected chi connectivity index (χ3v) is 4.24. The van der Waals surface area contributed by atoms with Crippen LogP contribution in [0.2, 0.25) is 0 Å². The Morgan fingerprint density at radius 3 is 2.64 bits per heavy atom. The maximum atomic E-state index is 12.8. The fraction of sp³-hybridized carbons (Fsp3) is 0.235. The van der Waals surface area contributed by atoms with Crippen LogP contribution in [-0.2, 0) is 14.1 Å². The molecule has 0 amide bonds. The van der Waals surface area contributed by atoms with E-state index in [2.05, 4.69) is 0 Å². The Kier molecular flexibility index (Phi) is 3.85. The molecule has 3 rings (SSSR count). The molecule has 0 aliphatic carbocycles. The molecule has 2 heterocycles. The van der Waals surface area contributed by atoms with Crippen LogP contribution in [0.25, 0.3) is 0 Å². The molecule has 2 N–H and O–H groups in total. The molecule has 128 valence electrons. The van der Waals surface area contributed by atoms with Gasteiger partial charge in [0.25, 0.3) is 5.56 Å². The minimum absolute atomic E-state index is 0.0393. The summed E-state index contributed by atoms with van der Waals surface area (Å²) >= 11 is 0. The summed E-state index contributed by atoms with van der Waals surface area (Å²) < 4.78 is 12.8. The van der Waals surface area contributed by atoms with Crippen LogP contribution in [0.15, 0.2) is 45.3 Å². The number of allylic oxidation sites excluding steroid dienone is 1. The summed E-state index contributed by atoms with van der Waals surface area (Å²) in [6.45, 7) is 0. The van der Waals surface area contributed by atoms with E-state index in [9.17, 15) is 14.9 Å². The molecular formula is C17H16N4O4. The fourth-order valence-corrected chi connectivity index (χ4v) is 2.94. The SMILES string of the molecule is COc1cccc([C@@H]2C(C#N)=C(N)Oc3c2c(=O)n(C)c(=O)n3C)c1. The summed E-state index contributed by atoms with van der Waals surface area (Å²) in [4.78, 5) is 24.9. The number of ether oxygens (including phenoxy) is 2. The second kappa shape index (κ2) is 5.87. The summed E-state index contributed by atoms with van der Waals surface area (Å²) in [5.41, 5.74) is 5.74. The molecule has 1 aliphatic heterocycles. The zero-order valence-corrected chi connectivity index (χ0v) is 13.9. The van der Waals surface area contributed by atoms with E-state index in [-0.39, 0.29) is 22.9 Å². The Morgan fingerprint density at radius 2 is 2.00 bits per heavy atom. The normalized spacial score (nSPS) is 16.0. The number of fused-ring (bicyclic) bond motifs is 1. The predicted octanol–water partition coefficient (Wildman–Crippen LogP) is 0.311. The highest BCUT2D eigenvalue weighted by atomic mass is 16.5. The van der Waals surface area contributed by atoms with Gasteiger partial charge in [0.1, 0.15) is 17.4 Å². The number of nitrogens with two attached hydrogens (primary N) is 1. The summed E-state index contributed by atoms with van der Waals surface area (Å²) in [5, 5.41) is 9.55. The van der Waals surface area contributed by atoms with Crippen molar-refractivity contribution in [2.24, 2.45) is 19.8 Å². The van der Waals surface area contributed by atoms with Crippen molar-refractivity contribution in [2.75, 3.05) is 7.11 Å². The zero-order chi connectivity index (χ0) is 18.3. The third kappa shape index (κ3) is 2.37. The number of aromatic nitrogens is 2. The molecular weight excluding hydrogens is 324 g/mol. The molecule has 25 heavy (non-hydrogen) atoms. The van der Waals surface area contributed by atoms with Crippen molar-refractivity contribution < 1.29 is 9.47 Å². The summed E-state index contributed by atoms with van der Waals surface area (Å²) in [6.07, 6.45) is 0. The van der Waals surface area contributed by atoms with Crippen molar-refractivity contribution in [3.05, 3.63) is 67.7 Å². The first-order valence-electron chi connectivity index (χ1n) is 7.42. The molecule has 0 saturated carbocycles. The van der Waals surface area contributed by atoms with Gasteiger partial charge < -0.3 is 15.2 Å². The van der Waals surface area contributed by atoms with E-state index in [4.69, 9.17) is 15.2 Å². The second-order valence-electron chi connectivity index (χ2n) is 5.63. The molecule has 1 atom stereocenters. The van der Waals surface area contributed by atoms with Crippen molar-refractivity contribution in [3.8, 4) is 17.7 Å². The highest BCUT2D eigenvalue weighted by Crippen LogP contribution is 2.40. The number of nitrogens with zero attached hydrogens (tertiary/aromatic N) is 3. The fourth-order valence-electron chi connectivity index (χ4n) is 2.94. The van der Waals surface area contributed by atoms with Gasteiger partial charge in [0.15, 0.2) is 0 Å². The number of hydrogen-bond donors (Lipinski definition) is 1. The molecule has 1 aromatic heterocycles. The maximum absolute atomic E-state index is 12.8. The maximum Gasteiger partial charge on any atom is 0.333 e. The van der Waals surface area contributed by atoms with E-state index in [1.165, 1.54) is 25.8 Å². The quantitative estimate of drug-likeness (QED) is 0.842. The van der Waals surface area contributed by atoms with Gasteiger partial charge in [-0.25, -0.2) is 4.79 Å². The molecule has 8 nitrogen and oxygen atoms in total. The largest absolute Gasteiger partial charge is 0.497 e. The average molecular weight is 340 g/mol. The van der Waals surface area contributed by atoms with Crippen LogP contribution >= 0.6 is 0 Å². The topological polar surface area (TPSA) is 112 Å². The van der Waals surface area contributed by atoms with Gasteiger partial charge >= 0.3 is 5.69 Å². The Morgan fingerprint density at radius 1 is 1.28 bits per heavy atom. The number of hydrogen-bond acceptors (Lipinski definition) is 6. The highest BCUT2D eigenvalue weighted by Gasteiger charge is 2.36. The van der Waals surface area contributed by atoms with Crippen molar-refractivity contribution in [3.63, 3.8) is 0 Å². The van der Waals surface area contributed by atoms with Gasteiger partial charge in [0.05, 0.1) is 18.6 Å². The first-order chi connectivity index (χ1) is 11.9. The van der Waals surface area contributed by atoms with Crippen LogP contribution in [0.3, 0.4) is 0 Å². The van der Waals surface area contributed by atoms with E-state index >= 15 is 0 Å². The van der Waals surface area contributed by atoms with Gasteiger partial charge in [-0.2, -0.15) is 5.26 Å². The number of nitriles is 1. The van der Waals surface area contributed by atoms with Gasteiger partial charge in [-0.1, -0.05) is 12.1 Å². The molecule has 0 fully saturated rings. The monoisotopic (exact) mass is 340 g/mol. The lowest BCUT2D eigenvalue weighted by molar-refractivity contribution is 0.348. The number of rotatable bonds is 2. The van der Waals surface area contributed by atoms with E-state index < -0.39 is 17.2 Å². The molecule has 0 radical (unpaired) electrons. The highest BCUT2D eigenvalue weighted by molar-refractivity contribution is 5.53. The van der Waals surface area contributed by atoms with Crippen molar-refractivity contribution >= 4 is 0 Å². The molecule has 0 bridgehead atoms. The van der Waals surface area contributed by atoms with Crippen LogP contribution in [0.5, 0.6) is 11.6 Å². The van der Waals surface area contributed by atoms with Crippen LogP contribution in [-0.4, -0.2) is 16.2 Å². The van der Waals surface area contributed by atoms with Crippen LogP contribution in [0.4, 0.5) is 0 Å². The molecule has 2 aromatic rings. The molecule has 1 aliphatic rings. The van der Waals surface area contributed by atoms with Crippen molar-refractivity contribution in [1.29, 1.82) is 5.26 Å². The van der Waals surface area contributed by atoms with Crippen molar-refractivity contribution in [2.45, 2.75) is 5.92 Å². The summed E-state index contributed by atoms with van der Waals surface area (Å²) in [7, 11) is 4.38. The molecule has 0 spiro atoms. The van der Waals surface area contributed by atoms with Gasteiger partial charge in [-0.05, 0) is 17.7 Å². The zero-order valence-electron chi connectivity index (χ0n) is 13.9. The van der Waals surface area contributed by atoms with E-state index in [1.807, 2.05) is 6.07 Å². The molecule has 0 unspecified atom stereocenters. The Labute approximate surface area is 142 Å². The van der Waals surface area contributed by atoms with Crippen LogP contribution in [0, 0.1) is 11.3 Å². The van der Waals surface area contributed by atoms with Crippen LogP contribution < -0.4 is 26.5 Å². The minimum atomic E-state index is -0.755. The Balaban J connectivity index is 2.40. The minimum Gasteiger partial charge on any atom is -0.497 e. The second-order valence-corrected chi connectivity index (χ2v) is 5.63. The van der Waals surface area contributed by atoms with E-state index in [0.717, 1.165) is 4.57 Å². The third-order valence-electron chi connectivity index (χ3n) is 4.24. The molecule has 0 saturated heterocycles. The lowest BCUT2D eigenvalue weighted by Gasteiger charge is -2.27. The predicted molar refractivity (Wildman–Crippen MR) is 89.2 cm³/mol. The smallest absolute Gasteiger partial charge is 0.333 e. The lowest BCUT2D eigenvalue weighted by Crippen LogP contribution is -2.42. The van der Waals surface area contributed by atoms with Crippen molar-refractivity contribution in [1.82, 2.24) is 9.13 Å². The van der Waals surface area contributed by atoms with E-state index in [1.54, 1.807) is 24.3 Å². The summed E-state index contributed by atoms with van der Waals surface area (Å²) in [6, 6.07) is 9.00. The average Bonchev–Trinajstić information content (AvgIpc) is 2.63. The number of benzene rings is 1. The first-order valence-corrected chi connectivity index (χ1v) is 7.42. The van der Waals surface area contributed by atoms with Crippen LogP contribution in [0.1, 0.15) is 17.0 Å². The Hall–Kier alpha value is -3.47. The Bertz CT molecular complexity index is 1060. The van der Waals surface area contributed by atoms with E-state index in [0.29, 0.717) is 11.3 Å². The number of methoxy groups -OCH3 is 1. The van der Waals surface area contributed by atoms with Gasteiger partial charge in [-0.15, -0.1) is 0 Å². The molecule has 1 aromatic carbocycles. The first kappa shape index (κ1) is 16.4. The van der Waals surface area contributed by atoms with Gasteiger partial charge in [0, 0.05) is 14.1 Å². The van der Waals surface area contributed by atoms with Gasteiger partial charge in [0.2, 0.25) is 11.8 Å². The standard InChI is InChI=1S/C17H16N4O4/c1-20-15(22)13-12(9-5-4-6-10(7-9)24-3)11(8-18)14(19)25-16(13)21(2)17(20)23/h4-7,12H,19H2,1-3H3/t12-/m1/s1. The summed E-state index contributed by atoms with van der Waals surface area (Å²) in [5.74, 6) is -0.277. The molecule has 8 heteroatoms.